The number of hydrogen-bond acceptors (Lipinski definition) is 7. The van der Waals surface area contributed by atoms with Crippen molar-refractivity contribution < 1.29 is 0 Å². The molecule has 3 aliphatic rings. The first kappa shape index (κ1) is 73.5. The Balaban J connectivity index is 0.000000109. The lowest BCUT2D eigenvalue weighted by molar-refractivity contribution is 0.660. The molecule has 588 valence electrons. The number of benzene rings is 15. The summed E-state index contributed by atoms with van der Waals surface area (Å²) >= 11 is 0. The summed E-state index contributed by atoms with van der Waals surface area (Å²) in [5, 5.41) is 10.1. The molecule has 124 heavy (non-hydrogen) atoms. The molecule has 0 spiro atoms. The van der Waals surface area contributed by atoms with Gasteiger partial charge in [-0.05, 0) is 162 Å². The van der Waals surface area contributed by atoms with Crippen LogP contribution in [-0.2, 0) is 16.2 Å². The lowest BCUT2D eigenvalue weighted by atomic mass is 9.82. The second kappa shape index (κ2) is 28.8. The van der Waals surface area contributed by atoms with E-state index in [1.807, 2.05) is 97.6 Å². The van der Waals surface area contributed by atoms with Gasteiger partial charge in [-0.1, -0.05) is 327 Å². The van der Waals surface area contributed by atoms with Gasteiger partial charge in [-0.3, -0.25) is 9.55 Å². The topological polar surface area (TPSA) is 105 Å². The lowest BCUT2D eigenvalue weighted by Gasteiger charge is -2.21. The normalized spacial score (nSPS) is 13.4. The van der Waals surface area contributed by atoms with Gasteiger partial charge in [0.1, 0.15) is 0 Å². The zero-order valence-corrected chi connectivity index (χ0v) is 69.4. The maximum absolute atomic E-state index is 5.08. The van der Waals surface area contributed by atoms with Crippen LogP contribution >= 0.6 is 0 Å². The van der Waals surface area contributed by atoms with Crippen molar-refractivity contribution in [3.8, 4) is 119 Å². The van der Waals surface area contributed by atoms with Gasteiger partial charge in [-0.15, -0.1) is 0 Å². The molecule has 10 nitrogen and oxygen atoms in total. The molecule has 0 radical (unpaired) electrons. The molecule has 10 heteroatoms. The Morgan fingerprint density at radius 2 is 0.597 bits per heavy atom. The third kappa shape index (κ3) is 11.7. The minimum atomic E-state index is -0.0801. The van der Waals surface area contributed by atoms with Crippen molar-refractivity contribution in [1.82, 2.24) is 48.6 Å². The monoisotopic (exact) mass is 1590 g/mol. The highest BCUT2D eigenvalue weighted by atomic mass is 15.2. The predicted molar refractivity (Wildman–Crippen MR) is 510 cm³/mol. The van der Waals surface area contributed by atoms with Gasteiger partial charge in [0.25, 0.3) is 0 Å². The zero-order valence-electron chi connectivity index (χ0n) is 69.4. The summed E-state index contributed by atoms with van der Waals surface area (Å²) in [5.41, 5.74) is 34.8. The third-order valence-electron chi connectivity index (χ3n) is 26.2. The maximum Gasteiger partial charge on any atom is 0.234 e. The number of aromatic nitrogens is 10. The zero-order chi connectivity index (χ0) is 83.1. The van der Waals surface area contributed by atoms with Crippen LogP contribution in [0.1, 0.15) is 74.9 Å². The summed E-state index contributed by atoms with van der Waals surface area (Å²) in [6, 6.07) is 130. The van der Waals surface area contributed by atoms with Crippen LogP contribution < -0.4 is 0 Å². The Morgan fingerprint density at radius 3 is 1.04 bits per heavy atom. The van der Waals surface area contributed by atoms with Crippen molar-refractivity contribution in [3.05, 3.63) is 422 Å². The van der Waals surface area contributed by atoms with E-state index in [1.165, 1.54) is 132 Å². The molecule has 25 rings (SSSR count). The largest absolute Gasteiger partial charge is 0.309 e. The average molecular weight is 1590 g/mol. The van der Waals surface area contributed by atoms with Crippen molar-refractivity contribution in [2.45, 2.75) is 57.8 Å². The first-order chi connectivity index (χ1) is 60.8. The molecule has 0 aliphatic heterocycles. The average Bonchev–Trinajstić information content (AvgIpc) is 1.55. The molecular weight excluding hydrogens is 1510 g/mol. The fraction of sp³-hybridized carbons (Fsp3) is 0.0789. The first-order valence-electron chi connectivity index (χ1n) is 42.6. The number of nitrogens with zero attached hydrogens (tertiary/aromatic N) is 10. The van der Waals surface area contributed by atoms with E-state index in [-0.39, 0.29) is 16.2 Å². The number of rotatable bonds is 9. The lowest BCUT2D eigenvalue weighted by Crippen LogP contribution is -2.14. The minimum absolute atomic E-state index is 0.000725. The molecular formula is C114H82N10. The highest BCUT2D eigenvalue weighted by Crippen LogP contribution is 2.57. The summed E-state index contributed by atoms with van der Waals surface area (Å²) in [5.74, 6) is 2.33. The summed E-state index contributed by atoms with van der Waals surface area (Å²) in [4.78, 5) is 33.7. The molecule has 0 unspecified atom stereocenters. The molecule has 15 aromatic carbocycles. The summed E-state index contributed by atoms with van der Waals surface area (Å²) in [6.07, 6.45) is 7.42. The molecule has 0 N–H and O–H groups in total. The molecule has 0 fully saturated rings. The molecule has 0 amide bonds. The summed E-state index contributed by atoms with van der Waals surface area (Å²) in [7, 11) is 0. The Kier molecular flexibility index (Phi) is 17.1. The number of hydrogen-bond donors (Lipinski definition) is 0. The molecule has 0 atom stereocenters. The molecule has 7 aromatic heterocycles. The van der Waals surface area contributed by atoms with Gasteiger partial charge in [-0.25, -0.2) is 29.9 Å². The number of fused-ring (bicyclic) bond motifs is 22. The molecule has 7 heterocycles. The van der Waals surface area contributed by atoms with E-state index in [0.717, 1.165) is 72.4 Å². The third-order valence-corrected chi connectivity index (χ3v) is 26.2. The standard InChI is InChI=1S/C44H32N2.C40H28N6.C30H22N2/c1-44(2)36-19-11-9-17-34(36)42-37(44)25-26-41-43(42)35-18-10-12-20-40(35)46(41)33-23-21-29(22-24-33)32-27-38(30-13-5-3-6-14-30)45-39(28-32)31-15-7-4-8-16-31;1-40(2)30-19-11-9-17-28(30)34-31(40)21-22-33-35(34)29-18-10-12-20-32(29)46(33)39-41-23-27(24-42-39)38-44-36(25-13-5-3-6-14-25)43-37(45-38)26-15-7-4-8-16-26;1-30(2)24-9-5-3-7-22(24)28-25(30)13-14-27-29(28)23-8-4-6-10-26(23)32(27)21-12-11-20-18-31-16-15-19(20)17-21/h3-28H,1-2H3;3-24H,1-2H3;3-18H,1-2H3. The van der Waals surface area contributed by atoms with E-state index < -0.39 is 0 Å². The fourth-order valence-electron chi connectivity index (χ4n) is 20.2. The smallest absolute Gasteiger partial charge is 0.234 e. The van der Waals surface area contributed by atoms with Crippen LogP contribution in [0.5, 0.6) is 0 Å². The first-order valence-corrected chi connectivity index (χ1v) is 42.6. The molecule has 0 bridgehead atoms. The van der Waals surface area contributed by atoms with Crippen LogP contribution in [0.3, 0.4) is 0 Å². The predicted octanol–water partition coefficient (Wildman–Crippen LogP) is 28.2. The number of para-hydroxylation sites is 3. The minimum Gasteiger partial charge on any atom is -0.309 e. The van der Waals surface area contributed by atoms with Crippen molar-refractivity contribution >= 4 is 76.2 Å². The molecule has 22 aromatic rings. The maximum atomic E-state index is 5.08. The van der Waals surface area contributed by atoms with Crippen molar-refractivity contribution in [2.24, 2.45) is 0 Å². The Morgan fingerprint density at radius 1 is 0.234 bits per heavy atom. The van der Waals surface area contributed by atoms with Gasteiger partial charge in [0.2, 0.25) is 5.95 Å². The van der Waals surface area contributed by atoms with Gasteiger partial charge >= 0.3 is 0 Å². The molecule has 0 saturated heterocycles. The van der Waals surface area contributed by atoms with E-state index in [9.17, 15) is 0 Å². The second-order valence-corrected chi connectivity index (χ2v) is 34.3. The van der Waals surface area contributed by atoms with Crippen LogP contribution in [0.15, 0.2) is 389 Å². The van der Waals surface area contributed by atoms with E-state index >= 15 is 0 Å². The van der Waals surface area contributed by atoms with Crippen LogP contribution in [-0.4, -0.2) is 48.6 Å². The van der Waals surface area contributed by atoms with Crippen LogP contribution in [0, 0.1) is 0 Å². The Hall–Kier alpha value is -15.7. The van der Waals surface area contributed by atoms with E-state index in [1.54, 1.807) is 0 Å². The van der Waals surface area contributed by atoms with Gasteiger partial charge < -0.3 is 9.13 Å². The number of pyridine rings is 2. The highest BCUT2D eigenvalue weighted by Gasteiger charge is 2.41. The van der Waals surface area contributed by atoms with Crippen molar-refractivity contribution in [2.75, 3.05) is 0 Å². The highest BCUT2D eigenvalue weighted by molar-refractivity contribution is 6.21. The van der Waals surface area contributed by atoms with E-state index in [2.05, 4.69) is 351 Å². The van der Waals surface area contributed by atoms with Crippen LogP contribution in [0.2, 0.25) is 0 Å². The van der Waals surface area contributed by atoms with Gasteiger partial charge in [-0.2, -0.15) is 0 Å². The fourth-order valence-corrected chi connectivity index (χ4v) is 20.2. The van der Waals surface area contributed by atoms with Crippen molar-refractivity contribution in [3.63, 3.8) is 0 Å². The van der Waals surface area contributed by atoms with Crippen LogP contribution in [0.25, 0.3) is 195 Å². The quantitative estimate of drug-likeness (QED) is 0.142. The van der Waals surface area contributed by atoms with Gasteiger partial charge in [0, 0.05) is 112 Å². The Labute approximate surface area is 718 Å². The van der Waals surface area contributed by atoms with E-state index in [0.29, 0.717) is 23.4 Å². The van der Waals surface area contributed by atoms with Gasteiger partial charge in [0.15, 0.2) is 17.5 Å². The Bertz CT molecular complexity index is 7580. The summed E-state index contributed by atoms with van der Waals surface area (Å²) in [6.45, 7) is 14.0. The SMILES string of the molecule is CC1(C)c2ccccc2-c2c1ccc1c2c2ccccc2n1-c1ccc(-c2cc(-c3ccccc3)nc(-c3ccccc3)c2)cc1.CC1(C)c2ccccc2-c2c1ccc1c2c2ccccc2n1-c1ccc2cnccc2c1.CC1(C)c2ccccc2-c2c1ccc1c2c2ccccc2n1-c1ncc(-c2nc(-c3ccccc3)nc(-c3ccccc3)n2)cn1. The molecule has 3 aliphatic carbocycles. The molecule has 0 saturated carbocycles. The van der Waals surface area contributed by atoms with E-state index in [4.69, 9.17) is 29.9 Å². The van der Waals surface area contributed by atoms with Gasteiger partial charge in [0.05, 0.1) is 50.1 Å². The van der Waals surface area contributed by atoms with Crippen molar-refractivity contribution in [1.29, 1.82) is 0 Å². The second-order valence-electron chi connectivity index (χ2n) is 34.3. The summed E-state index contributed by atoms with van der Waals surface area (Å²) < 4.78 is 7.01. The van der Waals surface area contributed by atoms with Crippen LogP contribution in [0.4, 0.5) is 0 Å².